The largest absolute Gasteiger partial charge is 0.492 e. The fourth-order valence-electron chi connectivity index (χ4n) is 1.30. The summed E-state index contributed by atoms with van der Waals surface area (Å²) in [5.41, 5.74) is 8.21. The van der Waals surface area contributed by atoms with Gasteiger partial charge in [-0.1, -0.05) is 6.07 Å². The highest BCUT2D eigenvalue weighted by atomic mass is 16.5. The second-order valence-corrected chi connectivity index (χ2v) is 3.42. The van der Waals surface area contributed by atoms with Crippen molar-refractivity contribution in [3.05, 3.63) is 23.3 Å². The number of carbonyl (C=O) groups is 1. The third-order valence-electron chi connectivity index (χ3n) is 2.21. The van der Waals surface area contributed by atoms with Gasteiger partial charge in [0.1, 0.15) is 5.75 Å². The molecular formula is C11H15NO3. The van der Waals surface area contributed by atoms with Crippen molar-refractivity contribution < 1.29 is 14.6 Å². The summed E-state index contributed by atoms with van der Waals surface area (Å²) in [6.45, 7) is 3.93. The van der Waals surface area contributed by atoms with Crippen molar-refractivity contribution in [2.24, 2.45) is 0 Å². The maximum atomic E-state index is 10.3. The number of aryl methyl sites for hydroxylation is 1. The van der Waals surface area contributed by atoms with Gasteiger partial charge in [-0.2, -0.15) is 0 Å². The van der Waals surface area contributed by atoms with Crippen LogP contribution in [-0.4, -0.2) is 17.7 Å². The van der Waals surface area contributed by atoms with Crippen molar-refractivity contribution in [3.63, 3.8) is 0 Å². The van der Waals surface area contributed by atoms with Crippen molar-refractivity contribution in [1.29, 1.82) is 0 Å². The maximum Gasteiger partial charge on any atom is 0.306 e. The third kappa shape index (κ3) is 2.87. The summed E-state index contributed by atoms with van der Waals surface area (Å²) in [4.78, 5) is 10.3. The summed E-state index contributed by atoms with van der Waals surface area (Å²) in [6, 6.07) is 3.67. The number of aliphatic carboxylic acids is 1. The van der Waals surface area contributed by atoms with Crippen molar-refractivity contribution in [2.45, 2.75) is 20.3 Å². The Kier molecular flexibility index (Phi) is 3.55. The standard InChI is InChI=1S/C11H15NO3/c1-7-3-4-9(12)8(2)11(7)15-6-5-10(13)14/h3-4H,5-6,12H2,1-2H3,(H,13,14). The van der Waals surface area contributed by atoms with Crippen LogP contribution in [0.5, 0.6) is 5.75 Å². The number of ether oxygens (including phenoxy) is 1. The van der Waals surface area contributed by atoms with Gasteiger partial charge < -0.3 is 15.6 Å². The van der Waals surface area contributed by atoms with E-state index >= 15 is 0 Å². The van der Waals surface area contributed by atoms with Crippen LogP contribution in [0.1, 0.15) is 17.5 Å². The molecule has 0 aliphatic heterocycles. The Balaban J connectivity index is 2.75. The first-order valence-corrected chi connectivity index (χ1v) is 4.72. The predicted octanol–water partition coefficient (Wildman–Crippen LogP) is 1.74. The number of carboxylic acid groups (broad SMARTS) is 1. The molecule has 0 saturated carbocycles. The summed E-state index contributed by atoms with van der Waals surface area (Å²) in [5, 5.41) is 8.48. The topological polar surface area (TPSA) is 72.5 Å². The highest BCUT2D eigenvalue weighted by Gasteiger charge is 2.07. The smallest absolute Gasteiger partial charge is 0.306 e. The fourth-order valence-corrected chi connectivity index (χ4v) is 1.30. The van der Waals surface area contributed by atoms with E-state index in [1.165, 1.54) is 0 Å². The maximum absolute atomic E-state index is 10.3. The van der Waals surface area contributed by atoms with Crippen molar-refractivity contribution in [1.82, 2.24) is 0 Å². The molecule has 1 aromatic carbocycles. The second kappa shape index (κ2) is 4.68. The van der Waals surface area contributed by atoms with Crippen molar-refractivity contribution >= 4 is 11.7 Å². The van der Waals surface area contributed by atoms with Crippen molar-refractivity contribution in [3.8, 4) is 5.75 Å². The molecule has 0 amide bonds. The average Bonchev–Trinajstić information content (AvgIpc) is 2.17. The van der Waals surface area contributed by atoms with Crippen LogP contribution < -0.4 is 10.5 Å². The SMILES string of the molecule is Cc1ccc(N)c(C)c1OCCC(=O)O. The van der Waals surface area contributed by atoms with Crippen LogP contribution in [0.4, 0.5) is 5.69 Å². The summed E-state index contributed by atoms with van der Waals surface area (Å²) >= 11 is 0. The molecule has 4 heteroatoms. The van der Waals surface area contributed by atoms with E-state index in [4.69, 9.17) is 15.6 Å². The van der Waals surface area contributed by atoms with E-state index in [-0.39, 0.29) is 13.0 Å². The van der Waals surface area contributed by atoms with Gasteiger partial charge in [-0.25, -0.2) is 0 Å². The molecule has 1 aromatic rings. The van der Waals surface area contributed by atoms with E-state index in [0.29, 0.717) is 11.4 Å². The molecule has 0 unspecified atom stereocenters. The van der Waals surface area contributed by atoms with Gasteiger partial charge in [0.15, 0.2) is 0 Å². The lowest BCUT2D eigenvalue weighted by molar-refractivity contribution is -0.137. The summed E-state index contributed by atoms with van der Waals surface area (Å²) in [6.07, 6.45) is -0.00627. The van der Waals surface area contributed by atoms with E-state index in [0.717, 1.165) is 11.1 Å². The number of hydrogen-bond acceptors (Lipinski definition) is 3. The highest BCUT2D eigenvalue weighted by molar-refractivity contribution is 5.66. The first-order valence-electron chi connectivity index (χ1n) is 4.72. The minimum Gasteiger partial charge on any atom is -0.492 e. The van der Waals surface area contributed by atoms with E-state index in [1.54, 1.807) is 0 Å². The number of rotatable bonds is 4. The quantitative estimate of drug-likeness (QED) is 0.741. The Hall–Kier alpha value is -1.71. The first kappa shape index (κ1) is 11.4. The van der Waals surface area contributed by atoms with Gasteiger partial charge in [0.2, 0.25) is 0 Å². The molecule has 0 bridgehead atoms. The normalized spacial score (nSPS) is 10.0. The third-order valence-corrected chi connectivity index (χ3v) is 2.21. The Morgan fingerprint density at radius 3 is 2.73 bits per heavy atom. The molecule has 0 fully saturated rings. The Bertz CT molecular complexity index is 374. The van der Waals surface area contributed by atoms with E-state index in [1.807, 2.05) is 26.0 Å². The van der Waals surface area contributed by atoms with Gasteiger partial charge >= 0.3 is 5.97 Å². The van der Waals surface area contributed by atoms with E-state index < -0.39 is 5.97 Å². The minimum atomic E-state index is -0.866. The molecular weight excluding hydrogens is 194 g/mol. The molecule has 0 radical (unpaired) electrons. The number of anilines is 1. The summed E-state index contributed by atoms with van der Waals surface area (Å²) in [7, 11) is 0. The Labute approximate surface area is 88.7 Å². The zero-order valence-electron chi connectivity index (χ0n) is 8.91. The molecule has 0 aromatic heterocycles. The monoisotopic (exact) mass is 209 g/mol. The summed E-state index contributed by atoms with van der Waals surface area (Å²) in [5.74, 6) is -0.176. The van der Waals surface area contributed by atoms with Gasteiger partial charge in [-0.05, 0) is 25.5 Å². The highest BCUT2D eigenvalue weighted by Crippen LogP contribution is 2.27. The van der Waals surface area contributed by atoms with Crippen LogP contribution >= 0.6 is 0 Å². The molecule has 1 rings (SSSR count). The van der Waals surface area contributed by atoms with Crippen LogP contribution in [0.2, 0.25) is 0 Å². The van der Waals surface area contributed by atoms with Crippen LogP contribution in [0.25, 0.3) is 0 Å². The lowest BCUT2D eigenvalue weighted by Crippen LogP contribution is -2.07. The van der Waals surface area contributed by atoms with E-state index in [9.17, 15) is 4.79 Å². The molecule has 15 heavy (non-hydrogen) atoms. The molecule has 0 saturated heterocycles. The molecule has 82 valence electrons. The molecule has 0 aliphatic carbocycles. The number of hydrogen-bond donors (Lipinski definition) is 2. The zero-order valence-corrected chi connectivity index (χ0v) is 8.91. The average molecular weight is 209 g/mol. The zero-order chi connectivity index (χ0) is 11.4. The van der Waals surface area contributed by atoms with E-state index in [2.05, 4.69) is 0 Å². The Morgan fingerprint density at radius 2 is 2.13 bits per heavy atom. The van der Waals surface area contributed by atoms with Gasteiger partial charge in [0.05, 0.1) is 13.0 Å². The number of nitrogen functional groups attached to an aromatic ring is 1. The van der Waals surface area contributed by atoms with Crippen LogP contribution in [0.15, 0.2) is 12.1 Å². The van der Waals surface area contributed by atoms with Crippen LogP contribution in [0, 0.1) is 13.8 Å². The lowest BCUT2D eigenvalue weighted by Gasteiger charge is -2.12. The molecule has 4 nitrogen and oxygen atoms in total. The Morgan fingerprint density at radius 1 is 1.47 bits per heavy atom. The number of benzene rings is 1. The summed E-state index contributed by atoms with van der Waals surface area (Å²) < 4.78 is 5.40. The fraction of sp³-hybridized carbons (Fsp3) is 0.364. The second-order valence-electron chi connectivity index (χ2n) is 3.42. The van der Waals surface area contributed by atoms with Gasteiger partial charge in [0.25, 0.3) is 0 Å². The molecule has 3 N–H and O–H groups in total. The lowest BCUT2D eigenvalue weighted by atomic mass is 10.1. The molecule has 0 heterocycles. The van der Waals surface area contributed by atoms with Crippen molar-refractivity contribution in [2.75, 3.05) is 12.3 Å². The van der Waals surface area contributed by atoms with Gasteiger partial charge in [0, 0.05) is 11.3 Å². The molecule has 0 spiro atoms. The van der Waals surface area contributed by atoms with Crippen LogP contribution in [-0.2, 0) is 4.79 Å². The minimum absolute atomic E-state index is 0.00627. The predicted molar refractivity (Wildman–Crippen MR) is 58.1 cm³/mol. The molecule has 0 atom stereocenters. The number of nitrogens with two attached hydrogens (primary N) is 1. The first-order chi connectivity index (χ1) is 7.02. The van der Waals surface area contributed by atoms with Crippen LogP contribution in [0.3, 0.4) is 0 Å². The number of carboxylic acids is 1. The van der Waals surface area contributed by atoms with Gasteiger partial charge in [-0.15, -0.1) is 0 Å². The van der Waals surface area contributed by atoms with Gasteiger partial charge in [-0.3, -0.25) is 4.79 Å². The molecule has 0 aliphatic rings.